The van der Waals surface area contributed by atoms with Crippen LogP contribution in [0.25, 0.3) is 0 Å². The van der Waals surface area contributed by atoms with Crippen LogP contribution in [-0.4, -0.2) is 24.8 Å². The van der Waals surface area contributed by atoms with Crippen molar-refractivity contribution in [3.05, 3.63) is 18.0 Å². The van der Waals surface area contributed by atoms with Gasteiger partial charge in [0, 0.05) is 12.6 Å². The van der Waals surface area contributed by atoms with Crippen molar-refractivity contribution in [3.8, 4) is 0 Å². The van der Waals surface area contributed by atoms with E-state index in [0.29, 0.717) is 19.5 Å². The number of carbonyl (C=O) groups is 1. The minimum Gasteiger partial charge on any atom is -0.469 e. The van der Waals surface area contributed by atoms with E-state index in [9.17, 15) is 4.79 Å². The summed E-state index contributed by atoms with van der Waals surface area (Å²) in [6.45, 7) is 1.16. The van der Waals surface area contributed by atoms with Gasteiger partial charge in [-0.1, -0.05) is 5.16 Å². The molecule has 1 rings (SSSR count). The van der Waals surface area contributed by atoms with E-state index in [1.165, 1.54) is 7.11 Å². The molecule has 0 aliphatic rings. The summed E-state index contributed by atoms with van der Waals surface area (Å²) in [6, 6.07) is 1.77. The maximum Gasteiger partial charge on any atom is 0.306 e. The topological polar surface area (TPSA) is 64.4 Å². The van der Waals surface area contributed by atoms with Crippen LogP contribution in [0.2, 0.25) is 0 Å². The molecule has 0 amide bonds. The molecule has 0 spiro atoms. The Morgan fingerprint density at radius 2 is 2.62 bits per heavy atom. The van der Waals surface area contributed by atoms with Gasteiger partial charge in [-0.3, -0.25) is 4.79 Å². The first-order chi connectivity index (χ1) is 6.33. The van der Waals surface area contributed by atoms with Crippen LogP contribution in [0.4, 0.5) is 0 Å². The van der Waals surface area contributed by atoms with E-state index in [0.717, 1.165) is 5.76 Å². The third kappa shape index (κ3) is 3.71. The maximum absolute atomic E-state index is 10.7. The summed E-state index contributed by atoms with van der Waals surface area (Å²) in [7, 11) is 1.37. The number of hydrogen-bond acceptors (Lipinski definition) is 5. The van der Waals surface area contributed by atoms with Gasteiger partial charge in [-0.05, 0) is 0 Å². The Balaban J connectivity index is 2.05. The van der Waals surface area contributed by atoms with Gasteiger partial charge in [0.1, 0.15) is 5.76 Å². The van der Waals surface area contributed by atoms with E-state index in [-0.39, 0.29) is 5.97 Å². The number of esters is 1. The highest BCUT2D eigenvalue weighted by molar-refractivity contribution is 5.69. The Morgan fingerprint density at radius 3 is 3.23 bits per heavy atom. The molecule has 5 heteroatoms. The molecule has 0 atom stereocenters. The van der Waals surface area contributed by atoms with Gasteiger partial charge in [0.25, 0.3) is 0 Å². The minimum absolute atomic E-state index is 0.218. The zero-order valence-electron chi connectivity index (χ0n) is 7.45. The van der Waals surface area contributed by atoms with Crippen LogP contribution in [-0.2, 0) is 16.1 Å². The summed E-state index contributed by atoms with van der Waals surface area (Å²) in [6.07, 6.45) is 1.95. The van der Waals surface area contributed by atoms with Crippen LogP contribution in [0.1, 0.15) is 12.2 Å². The molecule has 0 fully saturated rings. The molecular formula is C8H12N2O3. The van der Waals surface area contributed by atoms with Crippen molar-refractivity contribution in [1.29, 1.82) is 0 Å². The summed E-state index contributed by atoms with van der Waals surface area (Å²) < 4.78 is 9.31. The van der Waals surface area contributed by atoms with Gasteiger partial charge in [0.2, 0.25) is 0 Å². The van der Waals surface area contributed by atoms with Gasteiger partial charge in [0.05, 0.1) is 26.3 Å². The lowest BCUT2D eigenvalue weighted by atomic mass is 10.4. The Bertz CT molecular complexity index is 246. The van der Waals surface area contributed by atoms with E-state index in [1.807, 2.05) is 0 Å². The first-order valence-electron chi connectivity index (χ1n) is 4.00. The molecule has 1 N–H and O–H groups in total. The van der Waals surface area contributed by atoms with Gasteiger partial charge in [-0.15, -0.1) is 0 Å². The molecule has 0 aromatic carbocycles. The summed E-state index contributed by atoms with van der Waals surface area (Å²) >= 11 is 0. The van der Waals surface area contributed by atoms with Crippen molar-refractivity contribution >= 4 is 5.97 Å². The Labute approximate surface area is 76.0 Å². The average Bonchev–Trinajstić information content (AvgIpc) is 2.64. The lowest BCUT2D eigenvalue weighted by Crippen LogP contribution is -2.18. The van der Waals surface area contributed by atoms with Crippen molar-refractivity contribution < 1.29 is 14.1 Å². The second kappa shape index (κ2) is 5.31. The summed E-state index contributed by atoms with van der Waals surface area (Å²) in [4.78, 5) is 10.7. The number of methoxy groups -OCH3 is 1. The van der Waals surface area contributed by atoms with Crippen LogP contribution in [0.3, 0.4) is 0 Å². The summed E-state index contributed by atoms with van der Waals surface area (Å²) in [5, 5.41) is 6.56. The smallest absolute Gasteiger partial charge is 0.306 e. The van der Waals surface area contributed by atoms with Gasteiger partial charge in [0.15, 0.2) is 0 Å². The van der Waals surface area contributed by atoms with Gasteiger partial charge in [-0.25, -0.2) is 0 Å². The van der Waals surface area contributed by atoms with Crippen molar-refractivity contribution in [2.24, 2.45) is 0 Å². The van der Waals surface area contributed by atoms with Gasteiger partial charge in [-0.2, -0.15) is 0 Å². The standard InChI is InChI=1S/C8H12N2O3/c1-12-8(11)3-4-9-6-7-2-5-10-13-7/h2,5,9H,3-4,6H2,1H3. The van der Waals surface area contributed by atoms with E-state index in [2.05, 4.69) is 15.2 Å². The zero-order chi connectivity index (χ0) is 9.52. The monoisotopic (exact) mass is 184 g/mol. The third-order valence-corrected chi connectivity index (χ3v) is 1.52. The molecule has 5 nitrogen and oxygen atoms in total. The fourth-order valence-electron chi connectivity index (χ4n) is 0.837. The maximum atomic E-state index is 10.7. The summed E-state index contributed by atoms with van der Waals surface area (Å²) in [5.41, 5.74) is 0. The molecule has 1 aromatic heterocycles. The van der Waals surface area contributed by atoms with E-state index in [4.69, 9.17) is 4.52 Å². The predicted octanol–water partition coefficient (Wildman–Crippen LogP) is 0.327. The molecular weight excluding hydrogens is 172 g/mol. The highest BCUT2D eigenvalue weighted by atomic mass is 16.5. The highest BCUT2D eigenvalue weighted by Crippen LogP contribution is 1.94. The van der Waals surface area contributed by atoms with Crippen LogP contribution in [0.5, 0.6) is 0 Å². The molecule has 1 aromatic rings. The molecule has 0 unspecified atom stereocenters. The first kappa shape index (κ1) is 9.73. The highest BCUT2D eigenvalue weighted by Gasteiger charge is 1.99. The Hall–Kier alpha value is -1.36. The quantitative estimate of drug-likeness (QED) is 0.527. The second-order valence-electron chi connectivity index (χ2n) is 2.48. The number of ether oxygens (including phenoxy) is 1. The van der Waals surface area contributed by atoms with Crippen molar-refractivity contribution in [2.75, 3.05) is 13.7 Å². The third-order valence-electron chi connectivity index (χ3n) is 1.52. The number of nitrogens with zero attached hydrogens (tertiary/aromatic N) is 1. The van der Waals surface area contributed by atoms with Crippen LogP contribution in [0.15, 0.2) is 16.8 Å². The number of aromatic nitrogens is 1. The van der Waals surface area contributed by atoms with E-state index in [1.54, 1.807) is 12.3 Å². The van der Waals surface area contributed by atoms with Crippen molar-refractivity contribution in [2.45, 2.75) is 13.0 Å². The minimum atomic E-state index is -0.218. The zero-order valence-corrected chi connectivity index (χ0v) is 7.45. The Kier molecular flexibility index (Phi) is 3.98. The molecule has 0 saturated carbocycles. The number of rotatable bonds is 5. The molecule has 0 aliphatic carbocycles. The molecule has 1 heterocycles. The van der Waals surface area contributed by atoms with E-state index < -0.39 is 0 Å². The number of hydrogen-bond donors (Lipinski definition) is 1. The molecule has 0 radical (unpaired) electrons. The normalized spacial score (nSPS) is 9.92. The van der Waals surface area contributed by atoms with E-state index >= 15 is 0 Å². The number of nitrogens with one attached hydrogen (secondary N) is 1. The van der Waals surface area contributed by atoms with Crippen molar-refractivity contribution in [1.82, 2.24) is 10.5 Å². The van der Waals surface area contributed by atoms with Crippen LogP contribution >= 0.6 is 0 Å². The first-order valence-corrected chi connectivity index (χ1v) is 4.00. The fourth-order valence-corrected chi connectivity index (χ4v) is 0.837. The Morgan fingerprint density at radius 1 is 1.77 bits per heavy atom. The molecule has 0 bridgehead atoms. The predicted molar refractivity (Wildman–Crippen MR) is 44.8 cm³/mol. The largest absolute Gasteiger partial charge is 0.469 e. The fraction of sp³-hybridized carbons (Fsp3) is 0.500. The molecule has 0 aliphatic heterocycles. The molecule has 72 valence electrons. The SMILES string of the molecule is COC(=O)CCNCc1ccno1. The summed E-state index contributed by atoms with van der Waals surface area (Å²) in [5.74, 6) is 0.537. The lowest BCUT2D eigenvalue weighted by Gasteiger charge is -2.00. The van der Waals surface area contributed by atoms with Crippen LogP contribution < -0.4 is 5.32 Å². The average molecular weight is 184 g/mol. The number of carbonyl (C=O) groups excluding carboxylic acids is 1. The van der Waals surface area contributed by atoms with Crippen molar-refractivity contribution in [3.63, 3.8) is 0 Å². The van der Waals surface area contributed by atoms with Gasteiger partial charge < -0.3 is 14.6 Å². The lowest BCUT2D eigenvalue weighted by molar-refractivity contribution is -0.140. The molecule has 13 heavy (non-hydrogen) atoms. The molecule has 0 saturated heterocycles. The van der Waals surface area contributed by atoms with Gasteiger partial charge >= 0.3 is 5.97 Å². The van der Waals surface area contributed by atoms with Crippen LogP contribution in [0, 0.1) is 0 Å². The second-order valence-corrected chi connectivity index (χ2v) is 2.48.